The number of Topliss-reactive ketones (excluding diaryl/α,β-unsaturated/α-hetero) is 2. The number of benzene rings is 3. The third-order valence-electron chi connectivity index (χ3n) is 6.87. The third-order valence-corrected chi connectivity index (χ3v) is 6.87. The molecule has 3 aromatic carbocycles. The molecule has 0 saturated carbocycles. The zero-order valence-electron chi connectivity index (χ0n) is 22.6. The summed E-state index contributed by atoms with van der Waals surface area (Å²) >= 11 is 0. The summed E-state index contributed by atoms with van der Waals surface area (Å²) in [6.07, 6.45) is -4.60. The number of methoxy groups -OCH3 is 1. The number of carbonyl (C=O) groups is 2. The van der Waals surface area contributed by atoms with Crippen LogP contribution < -0.4 is 4.74 Å². The average molecular weight is 558 g/mol. The number of carbonyl (C=O) groups excluding carboxylic acids is 2. The van der Waals surface area contributed by atoms with Crippen LogP contribution in [0, 0.1) is 6.92 Å². The second kappa shape index (κ2) is 11.0. The van der Waals surface area contributed by atoms with Crippen LogP contribution in [0.2, 0.25) is 0 Å². The first-order valence-electron chi connectivity index (χ1n) is 12.9. The maximum absolute atomic E-state index is 13.1. The highest BCUT2D eigenvalue weighted by atomic mass is 19.4. The van der Waals surface area contributed by atoms with E-state index < -0.39 is 17.5 Å². The van der Waals surface area contributed by atoms with Crippen LogP contribution in [0.5, 0.6) is 5.75 Å². The van der Waals surface area contributed by atoms with E-state index in [1.807, 2.05) is 49.4 Å². The molecule has 2 heterocycles. The lowest BCUT2D eigenvalue weighted by molar-refractivity contribution is -0.137. The lowest BCUT2D eigenvalue weighted by atomic mass is 9.96. The minimum atomic E-state index is -4.53. The molecule has 5 aromatic rings. The number of fused-ring (bicyclic) bond motifs is 1. The fraction of sp³-hybridized carbons (Fsp3) is 0.188. The minimum absolute atomic E-state index is 0.000639. The van der Waals surface area contributed by atoms with Gasteiger partial charge in [0, 0.05) is 24.5 Å². The molecule has 0 atom stereocenters. The molecule has 0 aliphatic carbocycles. The van der Waals surface area contributed by atoms with Gasteiger partial charge < -0.3 is 4.74 Å². The summed E-state index contributed by atoms with van der Waals surface area (Å²) in [6, 6.07) is 21.0. The predicted molar refractivity (Wildman–Crippen MR) is 149 cm³/mol. The second-order valence-corrected chi connectivity index (χ2v) is 9.81. The molecule has 0 spiro atoms. The van der Waals surface area contributed by atoms with Crippen molar-refractivity contribution in [3.8, 4) is 17.0 Å². The van der Waals surface area contributed by atoms with Gasteiger partial charge >= 0.3 is 6.18 Å². The van der Waals surface area contributed by atoms with E-state index in [4.69, 9.17) is 9.72 Å². The summed E-state index contributed by atoms with van der Waals surface area (Å²) in [7, 11) is 1.60. The number of hydrogen-bond donors (Lipinski definition) is 0. The molecular formula is C32H26F3N3O3. The molecule has 41 heavy (non-hydrogen) atoms. The van der Waals surface area contributed by atoms with Crippen LogP contribution in [-0.4, -0.2) is 33.4 Å². The number of hydrogen-bond acceptors (Lipinski definition) is 5. The predicted octanol–water partition coefficient (Wildman–Crippen LogP) is 7.11. The van der Waals surface area contributed by atoms with Crippen LogP contribution in [0.25, 0.3) is 22.3 Å². The van der Waals surface area contributed by atoms with E-state index in [-0.39, 0.29) is 17.8 Å². The number of halogens is 3. The molecule has 0 radical (unpaired) electrons. The summed E-state index contributed by atoms with van der Waals surface area (Å²) in [5.41, 5.74) is 3.88. The Morgan fingerprint density at radius 1 is 0.927 bits per heavy atom. The van der Waals surface area contributed by atoms with Crippen molar-refractivity contribution < 1.29 is 27.5 Å². The van der Waals surface area contributed by atoms with Gasteiger partial charge in [-0.25, -0.2) is 9.67 Å². The zero-order valence-corrected chi connectivity index (χ0v) is 22.6. The fourth-order valence-electron chi connectivity index (χ4n) is 4.69. The van der Waals surface area contributed by atoms with Gasteiger partial charge in [0.05, 0.1) is 30.3 Å². The summed E-state index contributed by atoms with van der Waals surface area (Å²) in [4.78, 5) is 30.1. The average Bonchev–Trinajstić information content (AvgIpc) is 3.32. The van der Waals surface area contributed by atoms with Gasteiger partial charge in [-0.3, -0.25) is 9.59 Å². The molecule has 0 saturated heterocycles. The highest BCUT2D eigenvalue weighted by molar-refractivity contribution is 6.04. The summed E-state index contributed by atoms with van der Waals surface area (Å²) in [5, 5.41) is 5.18. The van der Waals surface area contributed by atoms with Crippen molar-refractivity contribution in [1.29, 1.82) is 0 Å². The summed E-state index contributed by atoms with van der Waals surface area (Å²) in [6.45, 7) is 3.76. The minimum Gasteiger partial charge on any atom is -0.497 e. The lowest BCUT2D eigenvalue weighted by Crippen LogP contribution is -2.09. The Bertz CT molecular complexity index is 1770. The van der Waals surface area contributed by atoms with E-state index in [1.165, 1.54) is 19.1 Å². The number of aryl methyl sites for hydroxylation is 1. The van der Waals surface area contributed by atoms with E-state index in [2.05, 4.69) is 5.10 Å². The Balaban J connectivity index is 1.49. The smallest absolute Gasteiger partial charge is 0.416 e. The van der Waals surface area contributed by atoms with Gasteiger partial charge in [0.1, 0.15) is 11.4 Å². The SMILES string of the molecule is COc1ccc(Cn2nc(C(C)=O)c3ccc(-c4cc(CC(=O)c5cccc(C(F)(F)F)c5)ccc4C)nc32)cc1. The van der Waals surface area contributed by atoms with Gasteiger partial charge in [-0.05, 0) is 66.1 Å². The Morgan fingerprint density at radius 3 is 2.34 bits per heavy atom. The van der Waals surface area contributed by atoms with E-state index in [0.717, 1.165) is 34.6 Å². The summed E-state index contributed by atoms with van der Waals surface area (Å²) < 4.78 is 46.3. The first kappa shape index (κ1) is 27.8. The highest BCUT2D eigenvalue weighted by Gasteiger charge is 2.31. The second-order valence-electron chi connectivity index (χ2n) is 9.81. The number of rotatable bonds is 8. The maximum Gasteiger partial charge on any atom is 0.416 e. The van der Waals surface area contributed by atoms with Crippen molar-refractivity contribution >= 4 is 22.6 Å². The van der Waals surface area contributed by atoms with E-state index in [1.54, 1.807) is 23.9 Å². The van der Waals surface area contributed by atoms with E-state index in [9.17, 15) is 22.8 Å². The van der Waals surface area contributed by atoms with Crippen molar-refractivity contribution in [1.82, 2.24) is 14.8 Å². The Labute approximate surface area is 234 Å². The Morgan fingerprint density at radius 2 is 1.66 bits per heavy atom. The van der Waals surface area contributed by atoms with Crippen LogP contribution in [0.4, 0.5) is 13.2 Å². The van der Waals surface area contributed by atoms with Crippen LogP contribution in [0.3, 0.4) is 0 Å². The van der Waals surface area contributed by atoms with Gasteiger partial charge in [-0.15, -0.1) is 0 Å². The van der Waals surface area contributed by atoms with Gasteiger partial charge in [0.25, 0.3) is 0 Å². The molecule has 9 heteroatoms. The largest absolute Gasteiger partial charge is 0.497 e. The quantitative estimate of drug-likeness (QED) is 0.190. The molecule has 0 amide bonds. The molecule has 0 unspecified atom stereocenters. The van der Waals surface area contributed by atoms with E-state index in [0.29, 0.717) is 34.5 Å². The first-order valence-corrected chi connectivity index (χ1v) is 12.9. The Kier molecular flexibility index (Phi) is 7.45. The fourth-order valence-corrected chi connectivity index (χ4v) is 4.69. The van der Waals surface area contributed by atoms with Crippen LogP contribution in [0.15, 0.2) is 78.9 Å². The topological polar surface area (TPSA) is 74.1 Å². The molecule has 0 aliphatic heterocycles. The normalized spacial score (nSPS) is 11.6. The molecule has 2 aromatic heterocycles. The standard InChI is InChI=1S/C32H26F3N3O3/c1-19-7-8-22(16-29(40)23-5-4-6-24(17-23)32(33,34)35)15-27(19)28-14-13-26-30(20(2)39)37-38(31(26)36-28)18-21-9-11-25(41-3)12-10-21/h4-15,17H,16,18H2,1-3H3. The van der Waals surface area contributed by atoms with Crippen LogP contribution in [-0.2, 0) is 19.1 Å². The lowest BCUT2D eigenvalue weighted by Gasteiger charge is -2.11. The zero-order chi connectivity index (χ0) is 29.3. The van der Waals surface area contributed by atoms with Crippen molar-refractivity contribution in [2.45, 2.75) is 33.0 Å². The first-order chi connectivity index (χ1) is 19.5. The van der Waals surface area contributed by atoms with Crippen molar-refractivity contribution in [2.75, 3.05) is 7.11 Å². The molecular weight excluding hydrogens is 531 g/mol. The third kappa shape index (κ3) is 5.89. The molecule has 208 valence electrons. The van der Waals surface area contributed by atoms with Crippen molar-refractivity contribution in [3.05, 3.63) is 112 Å². The van der Waals surface area contributed by atoms with Crippen molar-refractivity contribution in [3.63, 3.8) is 0 Å². The molecule has 6 nitrogen and oxygen atoms in total. The number of alkyl halides is 3. The molecule has 0 N–H and O–H groups in total. The van der Waals surface area contributed by atoms with Crippen LogP contribution in [0.1, 0.15) is 50.0 Å². The number of ketones is 2. The maximum atomic E-state index is 13.1. The molecule has 0 bridgehead atoms. The monoisotopic (exact) mass is 557 g/mol. The number of aromatic nitrogens is 3. The Hall–Kier alpha value is -4.79. The van der Waals surface area contributed by atoms with Gasteiger partial charge in [0.2, 0.25) is 0 Å². The van der Waals surface area contributed by atoms with Crippen molar-refractivity contribution in [2.24, 2.45) is 0 Å². The molecule has 5 rings (SSSR count). The van der Waals surface area contributed by atoms with Gasteiger partial charge in [-0.1, -0.05) is 36.4 Å². The molecule has 0 fully saturated rings. The van der Waals surface area contributed by atoms with Gasteiger partial charge in [0.15, 0.2) is 17.2 Å². The molecule has 0 aliphatic rings. The summed E-state index contributed by atoms with van der Waals surface area (Å²) in [5.74, 6) is 0.133. The number of ether oxygens (including phenoxy) is 1. The number of pyridine rings is 1. The highest BCUT2D eigenvalue weighted by Crippen LogP contribution is 2.31. The van der Waals surface area contributed by atoms with Gasteiger partial charge in [-0.2, -0.15) is 18.3 Å². The van der Waals surface area contributed by atoms with Crippen LogP contribution >= 0.6 is 0 Å². The number of nitrogens with zero attached hydrogens (tertiary/aromatic N) is 3. The van der Waals surface area contributed by atoms with E-state index >= 15 is 0 Å².